The first-order valence-corrected chi connectivity index (χ1v) is 8.45. The van der Waals surface area contributed by atoms with Crippen LogP contribution in [0, 0.1) is 0 Å². The zero-order chi connectivity index (χ0) is 17.1. The Kier molecular flexibility index (Phi) is 4.71. The molecule has 1 amide bonds. The van der Waals surface area contributed by atoms with Gasteiger partial charge in [0.05, 0.1) is 17.7 Å². The first-order valence-electron chi connectivity index (χ1n) is 7.64. The highest BCUT2D eigenvalue weighted by molar-refractivity contribution is 8.04. The van der Waals surface area contributed by atoms with Crippen LogP contribution < -0.4 is 9.64 Å². The normalized spacial score (nSPS) is 14.6. The van der Waals surface area contributed by atoms with E-state index < -0.39 is 0 Å². The van der Waals surface area contributed by atoms with Crippen molar-refractivity contribution >= 4 is 29.1 Å². The lowest BCUT2D eigenvalue weighted by molar-refractivity contribution is -0.117. The molecule has 3 rings (SSSR count). The van der Waals surface area contributed by atoms with Gasteiger partial charge in [-0.3, -0.25) is 14.5 Å². The minimum Gasteiger partial charge on any atom is -0.495 e. The van der Waals surface area contributed by atoms with Crippen LogP contribution in [0.25, 0.3) is 0 Å². The molecular weight excluding hydrogens is 322 g/mol. The summed E-state index contributed by atoms with van der Waals surface area (Å²) in [6, 6.07) is 14.7. The van der Waals surface area contributed by atoms with E-state index in [-0.39, 0.29) is 11.7 Å². The number of hydrogen-bond donors (Lipinski definition) is 0. The van der Waals surface area contributed by atoms with E-state index >= 15 is 0 Å². The SMILES string of the molecule is CCC(=O)N(/C=C1/Sc2ccccc2C1=O)c1ccccc1OC. The third-order valence-electron chi connectivity index (χ3n) is 3.74. The van der Waals surface area contributed by atoms with Gasteiger partial charge in [-0.2, -0.15) is 0 Å². The lowest BCUT2D eigenvalue weighted by Gasteiger charge is -2.21. The second-order valence-corrected chi connectivity index (χ2v) is 6.29. The first-order chi connectivity index (χ1) is 11.7. The summed E-state index contributed by atoms with van der Waals surface area (Å²) in [5.41, 5.74) is 1.31. The number of thioether (sulfide) groups is 1. The van der Waals surface area contributed by atoms with E-state index in [0.717, 1.165) is 4.90 Å². The Morgan fingerprint density at radius 1 is 1.17 bits per heavy atom. The molecular formula is C19H17NO3S. The van der Waals surface area contributed by atoms with Gasteiger partial charge in [0.15, 0.2) is 0 Å². The maximum Gasteiger partial charge on any atom is 0.230 e. The van der Waals surface area contributed by atoms with Crippen molar-refractivity contribution in [3.8, 4) is 5.75 Å². The lowest BCUT2D eigenvalue weighted by Crippen LogP contribution is -2.25. The molecule has 2 aromatic rings. The van der Waals surface area contributed by atoms with Crippen LogP contribution in [0.1, 0.15) is 23.7 Å². The number of allylic oxidation sites excluding steroid dienone is 1. The summed E-state index contributed by atoms with van der Waals surface area (Å²) in [4.78, 5) is 28.0. The van der Waals surface area contributed by atoms with Crippen molar-refractivity contribution in [2.75, 3.05) is 12.0 Å². The minimum atomic E-state index is -0.101. The van der Waals surface area contributed by atoms with Crippen molar-refractivity contribution in [3.05, 3.63) is 65.2 Å². The maximum atomic E-state index is 12.6. The molecule has 24 heavy (non-hydrogen) atoms. The largest absolute Gasteiger partial charge is 0.495 e. The second-order valence-electron chi connectivity index (χ2n) is 5.21. The van der Waals surface area contributed by atoms with Crippen LogP contribution in [-0.4, -0.2) is 18.8 Å². The Morgan fingerprint density at radius 2 is 1.88 bits per heavy atom. The monoisotopic (exact) mass is 339 g/mol. The number of carbonyl (C=O) groups excluding carboxylic acids is 2. The fourth-order valence-corrected chi connectivity index (χ4v) is 3.53. The number of ether oxygens (including phenoxy) is 1. The van der Waals surface area contributed by atoms with E-state index in [9.17, 15) is 9.59 Å². The molecule has 0 aliphatic carbocycles. The Hall–Kier alpha value is -2.53. The van der Waals surface area contributed by atoms with Gasteiger partial charge in [0.1, 0.15) is 5.75 Å². The molecule has 2 aromatic carbocycles. The Morgan fingerprint density at radius 3 is 2.58 bits per heavy atom. The number of ketones is 1. The highest BCUT2D eigenvalue weighted by atomic mass is 32.2. The van der Waals surface area contributed by atoms with Crippen molar-refractivity contribution < 1.29 is 14.3 Å². The number of methoxy groups -OCH3 is 1. The Labute approximate surface area is 145 Å². The van der Waals surface area contributed by atoms with Crippen LogP contribution in [-0.2, 0) is 4.79 Å². The third-order valence-corrected chi connectivity index (χ3v) is 4.82. The molecule has 0 N–H and O–H groups in total. The van der Waals surface area contributed by atoms with Gasteiger partial charge >= 0.3 is 0 Å². The molecule has 0 bridgehead atoms. The molecule has 4 nitrogen and oxygen atoms in total. The van der Waals surface area contributed by atoms with E-state index in [0.29, 0.717) is 28.3 Å². The quantitative estimate of drug-likeness (QED) is 0.781. The number of fused-ring (bicyclic) bond motifs is 1. The van der Waals surface area contributed by atoms with Crippen LogP contribution in [0.2, 0.25) is 0 Å². The summed E-state index contributed by atoms with van der Waals surface area (Å²) in [7, 11) is 1.56. The van der Waals surface area contributed by atoms with Gasteiger partial charge in [0.2, 0.25) is 11.7 Å². The molecule has 0 aromatic heterocycles. The van der Waals surface area contributed by atoms with Crippen molar-refractivity contribution in [2.24, 2.45) is 0 Å². The van der Waals surface area contributed by atoms with E-state index in [4.69, 9.17) is 4.74 Å². The van der Waals surface area contributed by atoms with E-state index in [2.05, 4.69) is 0 Å². The molecule has 0 saturated heterocycles. The highest BCUT2D eigenvalue weighted by Gasteiger charge is 2.27. The lowest BCUT2D eigenvalue weighted by atomic mass is 10.1. The van der Waals surface area contributed by atoms with Crippen molar-refractivity contribution in [3.63, 3.8) is 0 Å². The molecule has 0 fully saturated rings. The summed E-state index contributed by atoms with van der Waals surface area (Å²) in [5, 5.41) is 0. The molecule has 1 heterocycles. The summed E-state index contributed by atoms with van der Waals surface area (Å²) in [5.74, 6) is 0.430. The molecule has 0 unspecified atom stereocenters. The van der Waals surface area contributed by atoms with Gasteiger partial charge in [-0.05, 0) is 24.3 Å². The molecule has 0 spiro atoms. The fraction of sp³-hybridized carbons (Fsp3) is 0.158. The van der Waals surface area contributed by atoms with Crippen molar-refractivity contribution in [2.45, 2.75) is 18.2 Å². The maximum absolute atomic E-state index is 12.6. The molecule has 0 saturated carbocycles. The minimum absolute atomic E-state index is 0.0561. The summed E-state index contributed by atoms with van der Waals surface area (Å²) in [6.45, 7) is 1.79. The number of rotatable bonds is 4. The number of hydrogen-bond acceptors (Lipinski definition) is 4. The van der Waals surface area contributed by atoms with Crippen LogP contribution in [0.15, 0.2) is 64.5 Å². The smallest absolute Gasteiger partial charge is 0.230 e. The predicted molar refractivity (Wildman–Crippen MR) is 95.5 cm³/mol. The molecule has 0 radical (unpaired) electrons. The van der Waals surface area contributed by atoms with E-state index in [1.165, 1.54) is 16.7 Å². The van der Waals surface area contributed by atoms with Crippen LogP contribution in [0.3, 0.4) is 0 Å². The molecule has 0 atom stereocenters. The second kappa shape index (κ2) is 6.93. The summed E-state index contributed by atoms with van der Waals surface area (Å²) >= 11 is 1.39. The molecule has 122 valence electrons. The van der Waals surface area contributed by atoms with Crippen LogP contribution in [0.5, 0.6) is 5.75 Å². The van der Waals surface area contributed by atoms with Gasteiger partial charge in [0.25, 0.3) is 0 Å². The zero-order valence-corrected chi connectivity index (χ0v) is 14.3. The van der Waals surface area contributed by atoms with Crippen molar-refractivity contribution in [1.29, 1.82) is 0 Å². The standard InChI is InChI=1S/C19H17NO3S/c1-3-18(21)20(14-9-5-6-10-15(14)23-2)12-17-19(22)13-8-4-7-11-16(13)24-17/h4-12H,3H2,1-2H3/b17-12+. The van der Waals surface area contributed by atoms with Gasteiger partial charge in [-0.1, -0.05) is 43.0 Å². The van der Waals surface area contributed by atoms with Gasteiger partial charge in [-0.25, -0.2) is 0 Å². The molecule has 1 aliphatic heterocycles. The average Bonchev–Trinajstić information content (AvgIpc) is 2.95. The number of carbonyl (C=O) groups is 2. The highest BCUT2D eigenvalue weighted by Crippen LogP contribution is 2.40. The Bertz CT molecular complexity index is 829. The summed E-state index contributed by atoms with van der Waals surface area (Å²) in [6.07, 6.45) is 1.95. The van der Waals surface area contributed by atoms with Crippen LogP contribution in [0.4, 0.5) is 5.69 Å². The van der Waals surface area contributed by atoms with Gasteiger partial charge in [0, 0.05) is 23.1 Å². The van der Waals surface area contributed by atoms with Gasteiger partial charge < -0.3 is 4.74 Å². The Balaban J connectivity index is 2.03. The summed E-state index contributed by atoms with van der Waals surface area (Å²) < 4.78 is 5.36. The van der Waals surface area contributed by atoms with E-state index in [1.807, 2.05) is 30.3 Å². The van der Waals surface area contributed by atoms with Crippen LogP contribution >= 0.6 is 11.8 Å². The molecule has 5 heteroatoms. The number of amides is 1. The third kappa shape index (κ3) is 2.95. The predicted octanol–water partition coefficient (Wildman–Crippen LogP) is 4.27. The fourth-order valence-electron chi connectivity index (χ4n) is 2.52. The van der Waals surface area contributed by atoms with Crippen molar-refractivity contribution in [1.82, 2.24) is 0 Å². The number of Topliss-reactive ketones (excluding diaryl/α,β-unsaturated/α-hetero) is 1. The van der Waals surface area contributed by atoms with Gasteiger partial charge in [-0.15, -0.1) is 0 Å². The number of para-hydroxylation sites is 2. The number of benzene rings is 2. The first kappa shape index (κ1) is 16.3. The average molecular weight is 339 g/mol. The topological polar surface area (TPSA) is 46.6 Å². The molecule has 1 aliphatic rings. The van der Waals surface area contributed by atoms with E-state index in [1.54, 1.807) is 38.4 Å². The zero-order valence-electron chi connectivity index (χ0n) is 13.5. The number of anilines is 1. The number of nitrogens with zero attached hydrogens (tertiary/aromatic N) is 1.